The van der Waals surface area contributed by atoms with Crippen molar-refractivity contribution in [3.05, 3.63) is 30.0 Å². The minimum Gasteiger partial charge on any atom is -0.495 e. The highest BCUT2D eigenvalue weighted by Gasteiger charge is 2.16. The number of rotatable bonds is 3. The van der Waals surface area contributed by atoms with Gasteiger partial charge in [-0.3, -0.25) is 0 Å². The number of aryl methyl sites for hydroxylation is 1. The molecule has 1 unspecified atom stereocenters. The lowest BCUT2D eigenvalue weighted by Gasteiger charge is -2.24. The molecule has 3 rings (SSSR count). The Kier molecular flexibility index (Phi) is 3.47. The maximum absolute atomic E-state index is 5.48. The standard InChI is InChI=1S/C16H22N2O/c1-18-10-8-14-12(6-7-15(19-2)16(14)18)11-13-5-3-4-9-17-13/h6-8,10,13,17H,3-5,9,11H2,1-2H3. The zero-order chi connectivity index (χ0) is 13.2. The van der Waals surface area contributed by atoms with Crippen LogP contribution in [-0.4, -0.2) is 24.3 Å². The van der Waals surface area contributed by atoms with Crippen LogP contribution in [0.15, 0.2) is 24.4 Å². The van der Waals surface area contributed by atoms with Gasteiger partial charge in [-0.2, -0.15) is 0 Å². The number of fused-ring (bicyclic) bond motifs is 1. The Morgan fingerprint density at radius 1 is 1.32 bits per heavy atom. The van der Waals surface area contributed by atoms with Gasteiger partial charge in [-0.25, -0.2) is 0 Å². The average molecular weight is 258 g/mol. The van der Waals surface area contributed by atoms with Gasteiger partial charge in [-0.15, -0.1) is 0 Å². The summed E-state index contributed by atoms with van der Waals surface area (Å²) in [6, 6.07) is 7.15. The van der Waals surface area contributed by atoms with Gasteiger partial charge in [0.1, 0.15) is 5.75 Å². The molecule has 1 aliphatic rings. The predicted molar refractivity (Wildman–Crippen MR) is 78.8 cm³/mol. The van der Waals surface area contributed by atoms with Gasteiger partial charge in [-0.05, 0) is 43.5 Å². The largest absolute Gasteiger partial charge is 0.495 e. The summed E-state index contributed by atoms with van der Waals surface area (Å²) in [7, 11) is 3.82. The lowest BCUT2D eigenvalue weighted by Crippen LogP contribution is -2.35. The molecule has 3 heteroatoms. The first-order valence-electron chi connectivity index (χ1n) is 7.14. The molecule has 1 aromatic carbocycles. The summed E-state index contributed by atoms with van der Waals surface area (Å²) in [6.45, 7) is 1.17. The van der Waals surface area contributed by atoms with Crippen molar-refractivity contribution in [2.75, 3.05) is 13.7 Å². The monoisotopic (exact) mass is 258 g/mol. The molecular weight excluding hydrogens is 236 g/mol. The Balaban J connectivity index is 1.95. The molecule has 1 saturated heterocycles. The van der Waals surface area contributed by atoms with Gasteiger partial charge < -0.3 is 14.6 Å². The quantitative estimate of drug-likeness (QED) is 0.916. The van der Waals surface area contributed by atoms with Crippen molar-refractivity contribution in [3.63, 3.8) is 0 Å². The molecule has 102 valence electrons. The Bertz CT molecular complexity index is 567. The van der Waals surface area contributed by atoms with Crippen LogP contribution in [0.5, 0.6) is 5.75 Å². The van der Waals surface area contributed by atoms with E-state index < -0.39 is 0 Å². The fourth-order valence-corrected chi connectivity index (χ4v) is 3.15. The number of benzene rings is 1. The summed E-state index contributed by atoms with van der Waals surface area (Å²) in [5, 5.41) is 4.96. The number of hydrogen-bond donors (Lipinski definition) is 1. The van der Waals surface area contributed by atoms with E-state index in [1.807, 2.05) is 0 Å². The zero-order valence-corrected chi connectivity index (χ0v) is 11.8. The van der Waals surface area contributed by atoms with E-state index in [-0.39, 0.29) is 0 Å². The number of methoxy groups -OCH3 is 1. The molecule has 0 bridgehead atoms. The molecule has 3 nitrogen and oxygen atoms in total. The maximum Gasteiger partial charge on any atom is 0.143 e. The van der Waals surface area contributed by atoms with E-state index in [9.17, 15) is 0 Å². The number of ether oxygens (including phenoxy) is 1. The highest BCUT2D eigenvalue weighted by molar-refractivity contribution is 5.89. The minimum absolute atomic E-state index is 0.630. The van der Waals surface area contributed by atoms with Crippen LogP contribution in [0.3, 0.4) is 0 Å². The molecule has 1 N–H and O–H groups in total. The third-order valence-corrected chi connectivity index (χ3v) is 4.19. The van der Waals surface area contributed by atoms with Crippen molar-refractivity contribution in [1.82, 2.24) is 9.88 Å². The second kappa shape index (κ2) is 5.25. The van der Waals surface area contributed by atoms with E-state index in [1.165, 1.54) is 42.3 Å². The Morgan fingerprint density at radius 3 is 2.95 bits per heavy atom. The number of nitrogens with zero attached hydrogens (tertiary/aromatic N) is 1. The zero-order valence-electron chi connectivity index (χ0n) is 11.8. The first kappa shape index (κ1) is 12.5. The van der Waals surface area contributed by atoms with Gasteiger partial charge in [0.05, 0.1) is 12.6 Å². The number of hydrogen-bond acceptors (Lipinski definition) is 2. The summed E-state index contributed by atoms with van der Waals surface area (Å²) in [5.74, 6) is 0.961. The summed E-state index contributed by atoms with van der Waals surface area (Å²) >= 11 is 0. The van der Waals surface area contributed by atoms with Crippen molar-refractivity contribution in [2.24, 2.45) is 7.05 Å². The second-order valence-electron chi connectivity index (χ2n) is 5.47. The van der Waals surface area contributed by atoms with Gasteiger partial charge >= 0.3 is 0 Å². The van der Waals surface area contributed by atoms with Crippen LogP contribution in [0.2, 0.25) is 0 Å². The summed E-state index contributed by atoms with van der Waals surface area (Å²) in [4.78, 5) is 0. The van der Waals surface area contributed by atoms with E-state index in [2.05, 4.69) is 41.3 Å². The highest BCUT2D eigenvalue weighted by atomic mass is 16.5. The van der Waals surface area contributed by atoms with Crippen LogP contribution >= 0.6 is 0 Å². The molecular formula is C16H22N2O. The Morgan fingerprint density at radius 2 is 2.21 bits per heavy atom. The first-order chi connectivity index (χ1) is 9.29. The third-order valence-electron chi connectivity index (χ3n) is 4.19. The number of nitrogens with one attached hydrogen (secondary N) is 1. The summed E-state index contributed by atoms with van der Waals surface area (Å²) < 4.78 is 7.62. The van der Waals surface area contributed by atoms with E-state index in [4.69, 9.17) is 4.74 Å². The summed E-state index contributed by atoms with van der Waals surface area (Å²) in [5.41, 5.74) is 2.63. The number of aromatic nitrogens is 1. The van der Waals surface area contributed by atoms with Gasteiger partial charge in [0.25, 0.3) is 0 Å². The molecule has 0 saturated carbocycles. The molecule has 2 aromatic rings. The normalized spacial score (nSPS) is 19.8. The lowest BCUT2D eigenvalue weighted by atomic mass is 9.96. The fraction of sp³-hybridized carbons (Fsp3) is 0.500. The Hall–Kier alpha value is -1.48. The molecule has 2 heterocycles. The van der Waals surface area contributed by atoms with E-state index in [0.29, 0.717) is 6.04 Å². The highest BCUT2D eigenvalue weighted by Crippen LogP contribution is 2.30. The molecule has 0 amide bonds. The Labute approximate surface area is 114 Å². The minimum atomic E-state index is 0.630. The van der Waals surface area contributed by atoms with Crippen LogP contribution in [-0.2, 0) is 13.5 Å². The molecule has 1 aliphatic heterocycles. The smallest absolute Gasteiger partial charge is 0.143 e. The SMILES string of the molecule is COc1ccc(CC2CCCCN2)c2ccn(C)c12. The van der Waals surface area contributed by atoms with Gasteiger partial charge in [0.2, 0.25) is 0 Å². The molecule has 0 aliphatic carbocycles. The molecule has 1 aromatic heterocycles. The molecule has 19 heavy (non-hydrogen) atoms. The van der Waals surface area contributed by atoms with Crippen molar-refractivity contribution in [1.29, 1.82) is 0 Å². The molecule has 0 spiro atoms. The van der Waals surface area contributed by atoms with E-state index in [1.54, 1.807) is 7.11 Å². The molecule has 1 fully saturated rings. The second-order valence-corrected chi connectivity index (χ2v) is 5.47. The van der Waals surface area contributed by atoms with Crippen molar-refractivity contribution in [2.45, 2.75) is 31.7 Å². The topological polar surface area (TPSA) is 26.2 Å². The van der Waals surface area contributed by atoms with Crippen LogP contribution in [0.4, 0.5) is 0 Å². The van der Waals surface area contributed by atoms with Gasteiger partial charge in [0.15, 0.2) is 0 Å². The van der Waals surface area contributed by atoms with Gasteiger partial charge in [-0.1, -0.05) is 12.5 Å². The molecule has 1 atom stereocenters. The van der Waals surface area contributed by atoms with Crippen LogP contribution < -0.4 is 10.1 Å². The van der Waals surface area contributed by atoms with Gasteiger partial charge in [0, 0.05) is 24.7 Å². The van der Waals surface area contributed by atoms with Crippen molar-refractivity contribution >= 4 is 10.9 Å². The fourth-order valence-electron chi connectivity index (χ4n) is 3.15. The first-order valence-corrected chi connectivity index (χ1v) is 7.14. The predicted octanol–water partition coefficient (Wildman–Crippen LogP) is 2.87. The van der Waals surface area contributed by atoms with Crippen molar-refractivity contribution < 1.29 is 4.74 Å². The molecule has 0 radical (unpaired) electrons. The van der Waals surface area contributed by atoms with Crippen LogP contribution in [0.1, 0.15) is 24.8 Å². The van der Waals surface area contributed by atoms with Crippen molar-refractivity contribution in [3.8, 4) is 5.75 Å². The third kappa shape index (κ3) is 2.35. The summed E-state index contributed by atoms with van der Waals surface area (Å²) in [6.07, 6.45) is 7.20. The lowest BCUT2D eigenvalue weighted by molar-refractivity contribution is 0.399. The van der Waals surface area contributed by atoms with E-state index >= 15 is 0 Å². The number of piperidine rings is 1. The van der Waals surface area contributed by atoms with Crippen LogP contribution in [0, 0.1) is 0 Å². The average Bonchev–Trinajstić information content (AvgIpc) is 2.84. The van der Waals surface area contributed by atoms with E-state index in [0.717, 1.165) is 12.2 Å². The maximum atomic E-state index is 5.48. The van der Waals surface area contributed by atoms with Crippen LogP contribution in [0.25, 0.3) is 10.9 Å².